The number of halogens is 1. The molecule has 1 fully saturated rings. The van der Waals surface area contributed by atoms with Gasteiger partial charge in [-0.1, -0.05) is 59.6 Å². The minimum Gasteiger partial charge on any atom is -0.352 e. The van der Waals surface area contributed by atoms with Gasteiger partial charge in [0.1, 0.15) is 17.8 Å². The zero-order chi connectivity index (χ0) is 22.8. The second kappa shape index (κ2) is 9.11. The molecule has 168 valence electrons. The van der Waals surface area contributed by atoms with E-state index in [1.54, 1.807) is 6.33 Å². The van der Waals surface area contributed by atoms with Crippen molar-refractivity contribution in [2.24, 2.45) is 0 Å². The molecule has 0 bridgehead atoms. The van der Waals surface area contributed by atoms with Gasteiger partial charge in [0.05, 0.1) is 5.39 Å². The number of carbonyl (C=O) groups is 1. The van der Waals surface area contributed by atoms with Crippen molar-refractivity contribution >= 4 is 34.5 Å². The van der Waals surface area contributed by atoms with E-state index in [9.17, 15) is 4.79 Å². The lowest BCUT2D eigenvalue weighted by molar-refractivity contribution is 0.194. The number of aromatic amines is 1. The van der Waals surface area contributed by atoms with Crippen LogP contribution in [0.3, 0.4) is 0 Å². The van der Waals surface area contributed by atoms with Crippen LogP contribution >= 0.6 is 11.6 Å². The minimum atomic E-state index is -0.0781. The molecule has 0 aliphatic carbocycles. The van der Waals surface area contributed by atoms with Crippen molar-refractivity contribution in [3.63, 3.8) is 0 Å². The Hall–Kier alpha value is -3.58. The van der Waals surface area contributed by atoms with E-state index in [-0.39, 0.29) is 6.03 Å². The summed E-state index contributed by atoms with van der Waals surface area (Å²) in [7, 11) is 0. The zero-order valence-electron chi connectivity index (χ0n) is 18.4. The summed E-state index contributed by atoms with van der Waals surface area (Å²) >= 11 is 6.19. The SMILES string of the molecule is Cc1ccc(-c2cc3c(N4CCN(C(=O)NCc5ccccc5Cl)CC4)ncnc3[nH]2)cc1. The first kappa shape index (κ1) is 21.3. The van der Waals surface area contributed by atoms with Crippen molar-refractivity contribution in [1.29, 1.82) is 0 Å². The molecule has 1 saturated heterocycles. The number of hydrogen-bond acceptors (Lipinski definition) is 4. The summed E-state index contributed by atoms with van der Waals surface area (Å²) in [4.78, 5) is 29.1. The maximum Gasteiger partial charge on any atom is 0.317 e. The lowest BCUT2D eigenvalue weighted by Gasteiger charge is -2.35. The van der Waals surface area contributed by atoms with Crippen molar-refractivity contribution in [3.8, 4) is 11.3 Å². The number of aryl methyl sites for hydroxylation is 1. The molecule has 33 heavy (non-hydrogen) atoms. The van der Waals surface area contributed by atoms with Crippen LogP contribution < -0.4 is 10.2 Å². The molecule has 0 radical (unpaired) electrons. The first-order valence-corrected chi connectivity index (χ1v) is 11.4. The number of rotatable bonds is 4. The Morgan fingerprint density at radius 2 is 1.82 bits per heavy atom. The molecule has 7 nitrogen and oxygen atoms in total. The monoisotopic (exact) mass is 460 g/mol. The largest absolute Gasteiger partial charge is 0.352 e. The third-order valence-electron chi connectivity index (χ3n) is 6.02. The highest BCUT2D eigenvalue weighted by atomic mass is 35.5. The van der Waals surface area contributed by atoms with Crippen LogP contribution in [0.1, 0.15) is 11.1 Å². The molecule has 2 aromatic carbocycles. The highest BCUT2D eigenvalue weighted by Gasteiger charge is 2.24. The molecule has 0 saturated carbocycles. The van der Waals surface area contributed by atoms with E-state index < -0.39 is 0 Å². The highest BCUT2D eigenvalue weighted by Crippen LogP contribution is 2.29. The van der Waals surface area contributed by atoms with Gasteiger partial charge in [0.2, 0.25) is 0 Å². The first-order chi connectivity index (χ1) is 16.1. The molecule has 2 amide bonds. The Morgan fingerprint density at radius 3 is 2.58 bits per heavy atom. The Bertz CT molecular complexity index is 1280. The second-order valence-corrected chi connectivity index (χ2v) is 8.64. The maximum absolute atomic E-state index is 12.6. The average Bonchev–Trinajstić information content (AvgIpc) is 3.28. The Morgan fingerprint density at radius 1 is 1.06 bits per heavy atom. The standard InChI is InChI=1S/C25H25ClN6O/c1-17-6-8-18(9-7-17)22-14-20-23(30-22)28-16-29-24(20)31-10-12-32(13-11-31)25(33)27-15-19-4-2-3-5-21(19)26/h2-9,14,16H,10-13,15H2,1H3,(H,27,33)(H,28,29,30). The van der Waals surface area contributed by atoms with Crippen LogP contribution in [0.2, 0.25) is 5.02 Å². The lowest BCUT2D eigenvalue weighted by Crippen LogP contribution is -2.52. The molecule has 2 N–H and O–H groups in total. The fraction of sp³-hybridized carbons (Fsp3) is 0.240. The number of anilines is 1. The summed E-state index contributed by atoms with van der Waals surface area (Å²) in [5.74, 6) is 0.894. The number of nitrogens with zero attached hydrogens (tertiary/aromatic N) is 4. The van der Waals surface area contributed by atoms with E-state index in [4.69, 9.17) is 11.6 Å². The highest BCUT2D eigenvalue weighted by molar-refractivity contribution is 6.31. The van der Waals surface area contributed by atoms with Gasteiger partial charge in [-0.15, -0.1) is 0 Å². The van der Waals surface area contributed by atoms with Gasteiger partial charge in [-0.2, -0.15) is 0 Å². The number of nitrogens with one attached hydrogen (secondary N) is 2. The van der Waals surface area contributed by atoms with Crippen molar-refractivity contribution < 1.29 is 4.79 Å². The van der Waals surface area contributed by atoms with Crippen molar-refractivity contribution in [2.45, 2.75) is 13.5 Å². The number of carbonyl (C=O) groups excluding carboxylic acids is 1. The van der Waals surface area contributed by atoms with Gasteiger partial charge in [0.25, 0.3) is 0 Å². The van der Waals surface area contributed by atoms with E-state index in [1.807, 2.05) is 29.2 Å². The van der Waals surface area contributed by atoms with Crippen molar-refractivity contribution in [1.82, 2.24) is 25.2 Å². The predicted molar refractivity (Wildman–Crippen MR) is 132 cm³/mol. The van der Waals surface area contributed by atoms with E-state index in [2.05, 4.69) is 62.4 Å². The number of benzene rings is 2. The molecule has 1 aliphatic rings. The summed E-state index contributed by atoms with van der Waals surface area (Å²) in [6.07, 6.45) is 1.59. The molecule has 0 spiro atoms. The van der Waals surface area contributed by atoms with Gasteiger partial charge in [0, 0.05) is 43.4 Å². The number of amides is 2. The number of piperazine rings is 1. The van der Waals surface area contributed by atoms with E-state index in [0.29, 0.717) is 37.7 Å². The summed E-state index contributed by atoms with van der Waals surface area (Å²) in [5, 5.41) is 4.62. The Labute approximate surface area is 197 Å². The molecular formula is C25H25ClN6O. The summed E-state index contributed by atoms with van der Waals surface area (Å²) in [6, 6.07) is 18.0. The fourth-order valence-electron chi connectivity index (χ4n) is 4.11. The van der Waals surface area contributed by atoms with Crippen LogP contribution in [0.15, 0.2) is 60.9 Å². The third kappa shape index (κ3) is 4.50. The van der Waals surface area contributed by atoms with Crippen LogP contribution in [0.4, 0.5) is 10.6 Å². The number of H-pyrrole nitrogens is 1. The van der Waals surface area contributed by atoms with Crippen molar-refractivity contribution in [2.75, 3.05) is 31.1 Å². The first-order valence-electron chi connectivity index (χ1n) is 11.0. The van der Waals surface area contributed by atoms with Gasteiger partial charge < -0.3 is 20.1 Å². The van der Waals surface area contributed by atoms with Gasteiger partial charge in [0.15, 0.2) is 0 Å². The molecule has 3 heterocycles. The molecule has 4 aromatic rings. The van der Waals surface area contributed by atoms with Crippen LogP contribution in [0, 0.1) is 6.92 Å². The quantitative estimate of drug-likeness (QED) is 0.466. The van der Waals surface area contributed by atoms with Crippen LogP contribution in [-0.4, -0.2) is 52.1 Å². The number of fused-ring (bicyclic) bond motifs is 1. The Balaban J connectivity index is 1.26. The second-order valence-electron chi connectivity index (χ2n) is 8.23. The van der Waals surface area contributed by atoms with Crippen LogP contribution in [0.25, 0.3) is 22.3 Å². The van der Waals surface area contributed by atoms with E-state index in [0.717, 1.165) is 33.7 Å². The summed E-state index contributed by atoms with van der Waals surface area (Å²) in [5.41, 5.74) is 5.08. The number of urea groups is 1. The van der Waals surface area contributed by atoms with Gasteiger partial charge in [-0.25, -0.2) is 14.8 Å². The molecular weight excluding hydrogens is 436 g/mol. The summed E-state index contributed by atoms with van der Waals surface area (Å²) < 4.78 is 0. The topological polar surface area (TPSA) is 77.2 Å². The number of hydrogen-bond donors (Lipinski definition) is 2. The molecule has 1 aliphatic heterocycles. The normalized spacial score (nSPS) is 14.0. The predicted octanol–water partition coefficient (Wildman–Crippen LogP) is 4.62. The van der Waals surface area contributed by atoms with Gasteiger partial charge in [-0.05, 0) is 30.2 Å². The molecule has 0 unspecified atom stereocenters. The van der Waals surface area contributed by atoms with Gasteiger partial charge in [-0.3, -0.25) is 0 Å². The molecule has 2 aromatic heterocycles. The smallest absolute Gasteiger partial charge is 0.317 e. The third-order valence-corrected chi connectivity index (χ3v) is 6.39. The average molecular weight is 461 g/mol. The van der Waals surface area contributed by atoms with E-state index >= 15 is 0 Å². The van der Waals surface area contributed by atoms with Crippen LogP contribution in [-0.2, 0) is 6.54 Å². The minimum absolute atomic E-state index is 0.0781. The van der Waals surface area contributed by atoms with Crippen molar-refractivity contribution in [3.05, 3.63) is 77.1 Å². The molecule has 5 rings (SSSR count). The molecule has 0 atom stereocenters. The molecule has 8 heteroatoms. The Kier molecular flexibility index (Phi) is 5.88. The van der Waals surface area contributed by atoms with Gasteiger partial charge >= 0.3 is 6.03 Å². The lowest BCUT2D eigenvalue weighted by atomic mass is 10.1. The fourth-order valence-corrected chi connectivity index (χ4v) is 4.32. The zero-order valence-corrected chi connectivity index (χ0v) is 19.1. The summed E-state index contributed by atoms with van der Waals surface area (Å²) in [6.45, 7) is 5.14. The van der Waals surface area contributed by atoms with Crippen LogP contribution in [0.5, 0.6) is 0 Å². The van der Waals surface area contributed by atoms with E-state index in [1.165, 1.54) is 5.56 Å². The number of aromatic nitrogens is 3. The maximum atomic E-state index is 12.6.